The summed E-state index contributed by atoms with van der Waals surface area (Å²) in [6.45, 7) is 9.01. The van der Waals surface area contributed by atoms with E-state index in [0.29, 0.717) is 13.8 Å². The van der Waals surface area contributed by atoms with Crippen molar-refractivity contribution in [2.75, 3.05) is 0 Å². The van der Waals surface area contributed by atoms with Crippen molar-refractivity contribution in [2.45, 2.75) is 78.4 Å². The van der Waals surface area contributed by atoms with Gasteiger partial charge in [-0.15, -0.1) is 0 Å². The highest BCUT2D eigenvalue weighted by Gasteiger charge is 2.78. The number of hydrogen-bond acceptors (Lipinski definition) is 3. The summed E-state index contributed by atoms with van der Waals surface area (Å²) in [5.41, 5.74) is -9.77. The molecule has 0 rings (SSSR count). The molecule has 0 fully saturated rings. The minimum absolute atomic E-state index is 0.0489. The largest absolute Gasteiger partial charge is 0.455 e. The van der Waals surface area contributed by atoms with Crippen LogP contribution in [-0.4, -0.2) is 34.6 Å². The Morgan fingerprint density at radius 3 is 1.52 bits per heavy atom. The van der Waals surface area contributed by atoms with Gasteiger partial charge in [-0.1, -0.05) is 27.7 Å². The molecular formula is C16H26F6O3. The van der Waals surface area contributed by atoms with Gasteiger partial charge in [0.1, 0.15) is 0 Å². The molecule has 0 amide bonds. The van der Waals surface area contributed by atoms with Gasteiger partial charge in [0, 0.05) is 0 Å². The molecule has 0 spiro atoms. The third kappa shape index (κ3) is 4.41. The molecule has 9 heteroatoms. The fraction of sp³-hybridized carbons (Fsp3) is 0.938. The lowest BCUT2D eigenvalue weighted by atomic mass is 9.73. The van der Waals surface area contributed by atoms with Crippen LogP contribution < -0.4 is 0 Å². The highest BCUT2D eigenvalue weighted by Crippen LogP contribution is 2.51. The van der Waals surface area contributed by atoms with Crippen molar-refractivity contribution < 1.29 is 41.0 Å². The number of hydrogen-bond donors (Lipinski definition) is 1. The zero-order chi connectivity index (χ0) is 20.6. The van der Waals surface area contributed by atoms with Crippen LogP contribution in [0.1, 0.15) is 54.9 Å². The maximum atomic E-state index is 13.1. The Balaban J connectivity index is 5.99. The number of alkyl halides is 6. The Morgan fingerprint density at radius 1 is 0.920 bits per heavy atom. The fourth-order valence-corrected chi connectivity index (χ4v) is 2.67. The average Bonchev–Trinajstić information content (AvgIpc) is 2.32. The molecule has 0 aromatic carbocycles. The van der Waals surface area contributed by atoms with Crippen molar-refractivity contribution >= 4 is 5.97 Å². The Kier molecular flexibility index (Phi) is 6.69. The molecule has 1 atom stereocenters. The van der Waals surface area contributed by atoms with Crippen molar-refractivity contribution in [2.24, 2.45) is 17.3 Å². The van der Waals surface area contributed by atoms with Gasteiger partial charge in [-0.25, -0.2) is 0 Å². The van der Waals surface area contributed by atoms with E-state index in [9.17, 15) is 36.2 Å². The first-order chi connectivity index (χ1) is 10.7. The summed E-state index contributed by atoms with van der Waals surface area (Å²) in [7, 11) is 0. The standard InChI is InChI=1S/C16H26F6O3/c1-9(2)8-13(7,10(3)4)11(23)25-12(5,6)14(24,15(17,18)19)16(20,21)22/h9-10,24H,8H2,1-7H3. The van der Waals surface area contributed by atoms with Crippen LogP contribution in [-0.2, 0) is 9.53 Å². The smallest absolute Gasteiger partial charge is 0.430 e. The molecular weight excluding hydrogens is 354 g/mol. The molecule has 1 unspecified atom stereocenters. The van der Waals surface area contributed by atoms with Gasteiger partial charge < -0.3 is 9.84 Å². The third-order valence-electron chi connectivity index (χ3n) is 4.61. The number of aliphatic hydroxyl groups is 1. The number of rotatable bonds is 6. The minimum Gasteiger partial charge on any atom is -0.455 e. The van der Waals surface area contributed by atoms with Gasteiger partial charge in [0.05, 0.1) is 5.41 Å². The molecule has 0 aromatic rings. The number of ether oxygens (including phenoxy) is 1. The van der Waals surface area contributed by atoms with Crippen LogP contribution in [0.15, 0.2) is 0 Å². The van der Waals surface area contributed by atoms with Crippen molar-refractivity contribution in [3.63, 3.8) is 0 Å². The van der Waals surface area contributed by atoms with Gasteiger partial charge in [-0.3, -0.25) is 4.79 Å². The molecule has 0 heterocycles. The Bertz CT molecular complexity index is 465. The van der Waals surface area contributed by atoms with E-state index in [1.165, 1.54) is 6.92 Å². The second kappa shape index (κ2) is 6.96. The van der Waals surface area contributed by atoms with Crippen LogP contribution in [0.2, 0.25) is 0 Å². The van der Waals surface area contributed by atoms with E-state index in [0.717, 1.165) is 0 Å². The Labute approximate surface area is 143 Å². The van der Waals surface area contributed by atoms with Crippen molar-refractivity contribution in [1.82, 2.24) is 0 Å². The predicted octanol–water partition coefficient (Wildman–Crippen LogP) is 4.87. The van der Waals surface area contributed by atoms with Crippen molar-refractivity contribution in [1.29, 1.82) is 0 Å². The average molecular weight is 380 g/mol. The molecule has 0 aliphatic carbocycles. The van der Waals surface area contributed by atoms with Gasteiger partial charge in [-0.2, -0.15) is 26.3 Å². The second-order valence-electron chi connectivity index (χ2n) is 7.78. The molecule has 1 N–H and O–H groups in total. The Morgan fingerprint density at radius 2 is 1.28 bits per heavy atom. The van der Waals surface area contributed by atoms with Gasteiger partial charge in [-0.05, 0) is 39.0 Å². The Hall–Kier alpha value is -0.990. The minimum atomic E-state index is -6.08. The zero-order valence-electron chi connectivity index (χ0n) is 15.4. The number of halogens is 6. The molecule has 3 nitrogen and oxygen atoms in total. The summed E-state index contributed by atoms with van der Waals surface area (Å²) in [5.74, 6) is -1.66. The first-order valence-electron chi connectivity index (χ1n) is 7.83. The number of carbonyl (C=O) groups is 1. The van der Waals surface area contributed by atoms with E-state index in [1.54, 1.807) is 27.7 Å². The molecule has 0 aliphatic rings. The molecule has 0 aliphatic heterocycles. The first-order valence-corrected chi connectivity index (χ1v) is 7.83. The highest BCUT2D eigenvalue weighted by atomic mass is 19.4. The van der Waals surface area contributed by atoms with Crippen LogP contribution in [0.4, 0.5) is 26.3 Å². The maximum Gasteiger partial charge on any atom is 0.430 e. The maximum absolute atomic E-state index is 13.1. The normalized spacial score (nSPS) is 17.0. The van der Waals surface area contributed by atoms with E-state index < -0.39 is 40.9 Å². The topological polar surface area (TPSA) is 46.5 Å². The molecule has 0 saturated heterocycles. The van der Waals surface area contributed by atoms with Gasteiger partial charge in [0.25, 0.3) is 5.60 Å². The van der Waals surface area contributed by atoms with E-state index >= 15 is 0 Å². The van der Waals surface area contributed by atoms with Gasteiger partial charge in [0.2, 0.25) is 0 Å². The SMILES string of the molecule is CC(C)CC(C)(C(=O)OC(C)(C)C(O)(C(F)(F)F)C(F)(F)F)C(C)C. The predicted molar refractivity (Wildman–Crippen MR) is 79.6 cm³/mol. The van der Waals surface area contributed by atoms with Crippen LogP contribution >= 0.6 is 0 Å². The monoisotopic (exact) mass is 380 g/mol. The lowest BCUT2D eigenvalue weighted by Crippen LogP contribution is -2.70. The number of esters is 1. The third-order valence-corrected chi connectivity index (χ3v) is 4.61. The van der Waals surface area contributed by atoms with Crippen LogP contribution in [0.5, 0.6) is 0 Å². The van der Waals surface area contributed by atoms with Gasteiger partial charge >= 0.3 is 18.3 Å². The van der Waals surface area contributed by atoms with Crippen LogP contribution in [0.3, 0.4) is 0 Å². The zero-order valence-corrected chi connectivity index (χ0v) is 15.4. The molecule has 0 radical (unpaired) electrons. The molecule has 25 heavy (non-hydrogen) atoms. The summed E-state index contributed by atoms with van der Waals surface area (Å²) in [5, 5.41) is 9.52. The van der Waals surface area contributed by atoms with Crippen molar-refractivity contribution in [3.8, 4) is 0 Å². The summed E-state index contributed by atoms with van der Waals surface area (Å²) in [4.78, 5) is 12.5. The lowest BCUT2D eigenvalue weighted by molar-refractivity contribution is -0.408. The summed E-state index contributed by atoms with van der Waals surface area (Å²) < 4.78 is 83.0. The lowest BCUT2D eigenvalue weighted by Gasteiger charge is -2.45. The summed E-state index contributed by atoms with van der Waals surface area (Å²) in [6.07, 6.45) is -12.0. The molecule has 150 valence electrons. The first kappa shape index (κ1) is 24.0. The quantitative estimate of drug-likeness (QED) is 0.528. The summed E-state index contributed by atoms with van der Waals surface area (Å²) >= 11 is 0. The highest BCUT2D eigenvalue weighted by molar-refractivity contribution is 5.77. The van der Waals surface area contributed by atoms with E-state index in [-0.39, 0.29) is 12.3 Å². The molecule has 0 aromatic heterocycles. The second-order valence-corrected chi connectivity index (χ2v) is 7.78. The fourth-order valence-electron chi connectivity index (χ4n) is 2.67. The molecule has 0 bridgehead atoms. The van der Waals surface area contributed by atoms with E-state index in [2.05, 4.69) is 4.74 Å². The van der Waals surface area contributed by atoms with Crippen LogP contribution in [0.25, 0.3) is 0 Å². The van der Waals surface area contributed by atoms with Crippen LogP contribution in [0, 0.1) is 17.3 Å². The van der Waals surface area contributed by atoms with Gasteiger partial charge in [0.15, 0.2) is 5.60 Å². The summed E-state index contributed by atoms with van der Waals surface area (Å²) in [6, 6.07) is 0. The van der Waals surface area contributed by atoms with E-state index in [4.69, 9.17) is 0 Å². The van der Waals surface area contributed by atoms with Crippen molar-refractivity contribution in [3.05, 3.63) is 0 Å². The molecule has 0 saturated carbocycles. The number of carbonyl (C=O) groups excluding carboxylic acids is 1. The van der Waals surface area contributed by atoms with E-state index in [1.807, 2.05) is 0 Å².